The number of nitrogens with zero attached hydrogens (tertiary/aromatic N) is 1. The molecule has 2 unspecified atom stereocenters. The average molecular weight is 246 g/mol. The Balaban J connectivity index is 2.28. The van der Waals surface area contributed by atoms with Crippen LogP contribution in [0, 0.1) is 6.92 Å². The van der Waals surface area contributed by atoms with Gasteiger partial charge in [-0.3, -0.25) is 0 Å². The SMILES string of the molecule is CNC(C)CC1Cc2c(C)cccc2N1C(C)C. The van der Waals surface area contributed by atoms with E-state index in [-0.39, 0.29) is 0 Å². The monoisotopic (exact) mass is 246 g/mol. The summed E-state index contributed by atoms with van der Waals surface area (Å²) in [5.41, 5.74) is 4.45. The largest absolute Gasteiger partial charge is 0.365 e. The number of aryl methyl sites for hydroxylation is 1. The van der Waals surface area contributed by atoms with Crippen LogP contribution < -0.4 is 10.2 Å². The molecule has 0 aromatic heterocycles. The summed E-state index contributed by atoms with van der Waals surface area (Å²) in [6.45, 7) is 9.11. The summed E-state index contributed by atoms with van der Waals surface area (Å²) in [5, 5.41) is 3.37. The fraction of sp³-hybridized carbons (Fsp3) is 0.625. The summed E-state index contributed by atoms with van der Waals surface area (Å²) in [4.78, 5) is 2.61. The fourth-order valence-corrected chi connectivity index (χ4v) is 3.15. The van der Waals surface area contributed by atoms with Crippen LogP contribution in [0.25, 0.3) is 0 Å². The summed E-state index contributed by atoms with van der Waals surface area (Å²) < 4.78 is 0. The Labute approximate surface area is 111 Å². The molecule has 1 aliphatic rings. The number of hydrogen-bond donors (Lipinski definition) is 1. The van der Waals surface area contributed by atoms with Crippen molar-refractivity contribution in [1.29, 1.82) is 0 Å². The van der Waals surface area contributed by atoms with E-state index >= 15 is 0 Å². The van der Waals surface area contributed by atoms with Gasteiger partial charge in [-0.25, -0.2) is 0 Å². The molecule has 2 rings (SSSR count). The normalized spacial score (nSPS) is 20.3. The Morgan fingerprint density at radius 1 is 1.33 bits per heavy atom. The number of nitrogens with one attached hydrogen (secondary N) is 1. The highest BCUT2D eigenvalue weighted by Crippen LogP contribution is 2.37. The third-order valence-corrected chi connectivity index (χ3v) is 4.17. The third kappa shape index (κ3) is 2.39. The lowest BCUT2D eigenvalue weighted by Crippen LogP contribution is -2.41. The molecule has 1 aromatic carbocycles. The Kier molecular flexibility index (Phi) is 3.96. The molecule has 1 heterocycles. The predicted molar refractivity (Wildman–Crippen MR) is 79.4 cm³/mol. The van der Waals surface area contributed by atoms with Crippen LogP contribution in [-0.4, -0.2) is 25.2 Å². The summed E-state index contributed by atoms with van der Waals surface area (Å²) >= 11 is 0. The van der Waals surface area contributed by atoms with Crippen molar-refractivity contribution in [2.75, 3.05) is 11.9 Å². The van der Waals surface area contributed by atoms with Gasteiger partial charge in [0.25, 0.3) is 0 Å². The van der Waals surface area contributed by atoms with Gasteiger partial charge in [0.1, 0.15) is 0 Å². The molecule has 0 fully saturated rings. The Morgan fingerprint density at radius 3 is 2.67 bits per heavy atom. The first-order valence-electron chi connectivity index (χ1n) is 7.08. The lowest BCUT2D eigenvalue weighted by Gasteiger charge is -2.33. The van der Waals surface area contributed by atoms with Gasteiger partial charge in [0.15, 0.2) is 0 Å². The molecule has 0 amide bonds. The van der Waals surface area contributed by atoms with Gasteiger partial charge >= 0.3 is 0 Å². The van der Waals surface area contributed by atoms with Crippen molar-refractivity contribution in [1.82, 2.24) is 5.32 Å². The van der Waals surface area contributed by atoms with E-state index in [9.17, 15) is 0 Å². The molecular formula is C16H26N2. The molecule has 2 nitrogen and oxygen atoms in total. The van der Waals surface area contributed by atoms with E-state index in [4.69, 9.17) is 0 Å². The quantitative estimate of drug-likeness (QED) is 0.878. The van der Waals surface area contributed by atoms with Crippen LogP contribution in [0.4, 0.5) is 5.69 Å². The summed E-state index contributed by atoms with van der Waals surface area (Å²) in [6.07, 6.45) is 2.41. The van der Waals surface area contributed by atoms with E-state index in [0.717, 1.165) is 0 Å². The maximum atomic E-state index is 3.37. The van der Waals surface area contributed by atoms with Gasteiger partial charge < -0.3 is 10.2 Å². The van der Waals surface area contributed by atoms with Crippen molar-refractivity contribution in [2.24, 2.45) is 0 Å². The summed E-state index contributed by atoms with van der Waals surface area (Å²) in [5.74, 6) is 0. The van der Waals surface area contributed by atoms with Gasteiger partial charge in [-0.15, -0.1) is 0 Å². The Morgan fingerprint density at radius 2 is 2.06 bits per heavy atom. The number of rotatable bonds is 4. The van der Waals surface area contributed by atoms with E-state index in [0.29, 0.717) is 18.1 Å². The molecule has 1 N–H and O–H groups in total. The maximum absolute atomic E-state index is 3.37. The molecule has 2 atom stereocenters. The van der Waals surface area contributed by atoms with E-state index in [1.165, 1.54) is 24.1 Å². The number of fused-ring (bicyclic) bond motifs is 1. The first-order chi connectivity index (χ1) is 8.54. The minimum absolute atomic E-state index is 0.571. The summed E-state index contributed by atoms with van der Waals surface area (Å²) in [7, 11) is 2.05. The molecular weight excluding hydrogens is 220 g/mol. The van der Waals surface area contributed by atoms with Crippen LogP contribution in [0.5, 0.6) is 0 Å². The first kappa shape index (κ1) is 13.4. The van der Waals surface area contributed by atoms with E-state index in [2.05, 4.69) is 63.2 Å². The van der Waals surface area contributed by atoms with Crippen molar-refractivity contribution >= 4 is 5.69 Å². The minimum Gasteiger partial charge on any atom is -0.365 e. The maximum Gasteiger partial charge on any atom is 0.0407 e. The third-order valence-electron chi connectivity index (χ3n) is 4.17. The minimum atomic E-state index is 0.571. The molecule has 0 spiro atoms. The second-order valence-electron chi connectivity index (χ2n) is 5.86. The Hall–Kier alpha value is -1.02. The molecule has 1 aliphatic heterocycles. The number of anilines is 1. The molecule has 18 heavy (non-hydrogen) atoms. The van der Waals surface area contributed by atoms with Gasteiger partial charge in [-0.1, -0.05) is 12.1 Å². The van der Waals surface area contributed by atoms with Crippen molar-refractivity contribution in [2.45, 2.75) is 58.7 Å². The van der Waals surface area contributed by atoms with Crippen molar-refractivity contribution < 1.29 is 0 Å². The molecule has 2 heteroatoms. The zero-order valence-corrected chi connectivity index (χ0v) is 12.3. The van der Waals surface area contributed by atoms with Crippen LogP contribution in [0.3, 0.4) is 0 Å². The molecule has 1 aromatic rings. The van der Waals surface area contributed by atoms with Crippen LogP contribution >= 0.6 is 0 Å². The first-order valence-corrected chi connectivity index (χ1v) is 7.08. The van der Waals surface area contributed by atoms with Gasteiger partial charge in [-0.2, -0.15) is 0 Å². The van der Waals surface area contributed by atoms with Gasteiger partial charge in [0.2, 0.25) is 0 Å². The van der Waals surface area contributed by atoms with Crippen LogP contribution in [0.2, 0.25) is 0 Å². The van der Waals surface area contributed by atoms with Gasteiger partial charge in [-0.05, 0) is 64.8 Å². The Bertz CT molecular complexity index is 412. The van der Waals surface area contributed by atoms with Crippen LogP contribution in [0.15, 0.2) is 18.2 Å². The highest BCUT2D eigenvalue weighted by Gasteiger charge is 2.32. The second-order valence-corrected chi connectivity index (χ2v) is 5.86. The van der Waals surface area contributed by atoms with Crippen LogP contribution in [-0.2, 0) is 6.42 Å². The molecule has 0 bridgehead atoms. The zero-order valence-electron chi connectivity index (χ0n) is 12.3. The van der Waals surface area contributed by atoms with E-state index in [1.807, 2.05) is 0 Å². The van der Waals surface area contributed by atoms with E-state index in [1.54, 1.807) is 5.56 Å². The lowest BCUT2D eigenvalue weighted by atomic mass is 10.0. The molecule has 0 saturated carbocycles. The van der Waals surface area contributed by atoms with Gasteiger partial charge in [0.05, 0.1) is 0 Å². The van der Waals surface area contributed by atoms with E-state index < -0.39 is 0 Å². The average Bonchev–Trinajstić information content (AvgIpc) is 2.68. The van der Waals surface area contributed by atoms with Crippen LogP contribution in [0.1, 0.15) is 38.3 Å². The lowest BCUT2D eigenvalue weighted by molar-refractivity contribution is 0.460. The molecule has 0 saturated heterocycles. The second kappa shape index (κ2) is 5.31. The standard InChI is InChI=1S/C16H26N2/c1-11(2)18-14(9-13(4)17-5)10-15-12(3)7-6-8-16(15)18/h6-8,11,13-14,17H,9-10H2,1-5H3. The summed E-state index contributed by atoms with van der Waals surface area (Å²) in [6, 6.07) is 8.50. The topological polar surface area (TPSA) is 15.3 Å². The molecule has 100 valence electrons. The predicted octanol–water partition coefficient (Wildman–Crippen LogP) is 3.13. The van der Waals surface area contributed by atoms with Crippen molar-refractivity contribution in [3.8, 4) is 0 Å². The zero-order chi connectivity index (χ0) is 13.3. The smallest absolute Gasteiger partial charge is 0.0407 e. The molecule has 0 radical (unpaired) electrons. The van der Waals surface area contributed by atoms with Crippen molar-refractivity contribution in [3.63, 3.8) is 0 Å². The van der Waals surface area contributed by atoms with Crippen molar-refractivity contribution in [3.05, 3.63) is 29.3 Å². The number of benzene rings is 1. The van der Waals surface area contributed by atoms with Gasteiger partial charge in [0, 0.05) is 23.8 Å². The highest BCUT2D eigenvalue weighted by atomic mass is 15.2. The molecule has 0 aliphatic carbocycles. The number of hydrogen-bond acceptors (Lipinski definition) is 2. The fourth-order valence-electron chi connectivity index (χ4n) is 3.15. The highest BCUT2D eigenvalue weighted by molar-refractivity contribution is 5.62.